The molecule has 2 aromatic heterocycles. The summed E-state index contributed by atoms with van der Waals surface area (Å²) in [5.41, 5.74) is 1.76. The summed E-state index contributed by atoms with van der Waals surface area (Å²) in [6, 6.07) is 14.4. The fraction of sp³-hybridized carbons (Fsp3) is 0.367. The number of amides is 3. The second-order valence-corrected chi connectivity index (χ2v) is 11.7. The van der Waals surface area contributed by atoms with E-state index in [2.05, 4.69) is 27.5 Å². The molecule has 9 heteroatoms. The second-order valence-electron chi connectivity index (χ2n) is 11.7. The van der Waals surface area contributed by atoms with Crippen molar-refractivity contribution in [1.29, 1.82) is 0 Å². The number of H-pyrrole nitrogens is 2. The highest BCUT2D eigenvalue weighted by molar-refractivity contribution is 6.00. The fourth-order valence-corrected chi connectivity index (χ4v) is 5.37. The minimum Gasteiger partial charge on any atom is -0.352 e. The number of likely N-dealkylation sites (tertiary alicyclic amines) is 1. The molecule has 4 aromatic rings. The monoisotopic (exact) mass is 531 g/mol. The van der Waals surface area contributed by atoms with E-state index in [-0.39, 0.29) is 42.0 Å². The van der Waals surface area contributed by atoms with Gasteiger partial charge in [0, 0.05) is 40.9 Å². The molecule has 0 spiro atoms. The Labute approximate surface area is 226 Å². The Morgan fingerprint density at radius 3 is 2.44 bits per heavy atom. The standard InChI is InChI=1S/C30H34FN5O3/c1-17-11-21(36(16-17)29(39)25-14-19-12-20(31)9-10-23(19)34-25)15-32-28(38)26(30(2,3)4)35-27(37)24-13-18-7-5-6-8-22(18)33-24/h5-10,12-14,17,21,26,33-34H,11,15-16H2,1-4H3,(H,32,38)(H,35,37)/t17-,21-,26+/m0/s1. The molecule has 39 heavy (non-hydrogen) atoms. The van der Waals surface area contributed by atoms with Crippen LogP contribution in [0.15, 0.2) is 54.6 Å². The lowest BCUT2D eigenvalue weighted by Crippen LogP contribution is -2.55. The van der Waals surface area contributed by atoms with Crippen molar-refractivity contribution in [1.82, 2.24) is 25.5 Å². The number of carbonyl (C=O) groups is 3. The van der Waals surface area contributed by atoms with Crippen molar-refractivity contribution in [3.63, 3.8) is 0 Å². The van der Waals surface area contributed by atoms with Gasteiger partial charge >= 0.3 is 0 Å². The maximum absolute atomic E-state index is 13.6. The minimum absolute atomic E-state index is 0.185. The average molecular weight is 532 g/mol. The fourth-order valence-electron chi connectivity index (χ4n) is 5.37. The molecule has 5 rings (SSSR count). The van der Waals surface area contributed by atoms with Crippen LogP contribution >= 0.6 is 0 Å². The number of hydrogen-bond donors (Lipinski definition) is 4. The summed E-state index contributed by atoms with van der Waals surface area (Å²) in [4.78, 5) is 47.8. The topological polar surface area (TPSA) is 110 Å². The summed E-state index contributed by atoms with van der Waals surface area (Å²) in [5, 5.41) is 7.44. The number of nitrogens with zero attached hydrogens (tertiary/aromatic N) is 1. The third-order valence-electron chi connectivity index (χ3n) is 7.39. The van der Waals surface area contributed by atoms with Crippen LogP contribution < -0.4 is 10.6 Å². The van der Waals surface area contributed by atoms with E-state index < -0.39 is 11.5 Å². The highest BCUT2D eigenvalue weighted by Gasteiger charge is 2.37. The van der Waals surface area contributed by atoms with Crippen molar-refractivity contribution in [3.05, 3.63) is 71.8 Å². The van der Waals surface area contributed by atoms with Gasteiger partial charge in [-0.1, -0.05) is 45.9 Å². The van der Waals surface area contributed by atoms with Gasteiger partial charge in [-0.15, -0.1) is 0 Å². The van der Waals surface area contributed by atoms with Crippen molar-refractivity contribution >= 4 is 39.5 Å². The van der Waals surface area contributed by atoms with Crippen LogP contribution in [0.25, 0.3) is 21.8 Å². The van der Waals surface area contributed by atoms with E-state index in [0.29, 0.717) is 28.8 Å². The predicted molar refractivity (Wildman–Crippen MR) is 149 cm³/mol. The molecule has 0 aliphatic carbocycles. The first-order valence-corrected chi connectivity index (χ1v) is 13.2. The molecule has 3 amide bonds. The first-order chi connectivity index (χ1) is 18.5. The van der Waals surface area contributed by atoms with Crippen molar-refractivity contribution in [3.8, 4) is 0 Å². The summed E-state index contributed by atoms with van der Waals surface area (Å²) in [6.45, 7) is 8.58. The Balaban J connectivity index is 1.27. The predicted octanol–water partition coefficient (Wildman–Crippen LogP) is 4.60. The van der Waals surface area contributed by atoms with Crippen LogP contribution in [0.1, 0.15) is 55.1 Å². The molecule has 1 fully saturated rings. The number of aromatic amines is 2. The minimum atomic E-state index is -0.789. The van der Waals surface area contributed by atoms with Crippen LogP contribution in [-0.2, 0) is 4.79 Å². The Hall–Kier alpha value is -4.14. The molecule has 2 aromatic carbocycles. The smallest absolute Gasteiger partial charge is 0.270 e. The lowest BCUT2D eigenvalue weighted by atomic mass is 9.86. The SMILES string of the molecule is C[C@H]1C[C@@H](CNC(=O)[C@@H](NC(=O)c2cc3ccccc3[nH]2)C(C)(C)C)N(C(=O)c2cc3cc(F)ccc3[nH]2)C1. The number of aromatic nitrogens is 2. The number of para-hydroxylation sites is 1. The van der Waals surface area contributed by atoms with Crippen LogP contribution in [0.2, 0.25) is 0 Å². The zero-order chi connectivity index (χ0) is 27.9. The Morgan fingerprint density at radius 1 is 1.00 bits per heavy atom. The molecule has 0 radical (unpaired) electrons. The zero-order valence-electron chi connectivity index (χ0n) is 22.6. The summed E-state index contributed by atoms with van der Waals surface area (Å²) in [6.07, 6.45) is 0.739. The van der Waals surface area contributed by atoms with Gasteiger partial charge in [0.15, 0.2) is 0 Å². The van der Waals surface area contributed by atoms with E-state index in [4.69, 9.17) is 0 Å². The van der Waals surface area contributed by atoms with Crippen molar-refractivity contribution in [2.45, 2.75) is 46.2 Å². The molecule has 204 valence electrons. The summed E-state index contributed by atoms with van der Waals surface area (Å²) in [5.74, 6) is -0.948. The average Bonchev–Trinajstić information content (AvgIpc) is 3.60. The van der Waals surface area contributed by atoms with E-state index >= 15 is 0 Å². The van der Waals surface area contributed by atoms with Gasteiger partial charge in [0.25, 0.3) is 11.8 Å². The van der Waals surface area contributed by atoms with E-state index in [1.165, 1.54) is 12.1 Å². The molecule has 8 nitrogen and oxygen atoms in total. The van der Waals surface area contributed by atoms with Gasteiger partial charge in [0.05, 0.1) is 0 Å². The van der Waals surface area contributed by atoms with E-state index in [9.17, 15) is 18.8 Å². The van der Waals surface area contributed by atoms with Crippen molar-refractivity contribution in [2.75, 3.05) is 13.1 Å². The number of carbonyl (C=O) groups excluding carboxylic acids is 3. The molecule has 0 bridgehead atoms. The molecule has 4 N–H and O–H groups in total. The number of benzene rings is 2. The first kappa shape index (κ1) is 26.5. The van der Waals surface area contributed by atoms with Crippen molar-refractivity contribution in [2.24, 2.45) is 11.3 Å². The quantitative estimate of drug-likeness (QED) is 0.292. The Bertz CT molecular complexity index is 1520. The third kappa shape index (κ3) is 5.53. The van der Waals surface area contributed by atoms with Gasteiger partial charge in [0.2, 0.25) is 5.91 Å². The normalized spacial score (nSPS) is 18.4. The van der Waals surface area contributed by atoms with Gasteiger partial charge in [-0.05, 0) is 54.2 Å². The van der Waals surface area contributed by atoms with Crippen LogP contribution in [-0.4, -0.2) is 57.8 Å². The van der Waals surface area contributed by atoms with Gasteiger partial charge in [0.1, 0.15) is 23.2 Å². The Morgan fingerprint density at radius 2 is 1.69 bits per heavy atom. The molecule has 3 atom stereocenters. The maximum Gasteiger partial charge on any atom is 0.270 e. The van der Waals surface area contributed by atoms with Crippen LogP contribution in [0.4, 0.5) is 4.39 Å². The molecular formula is C30H34FN5O3. The molecule has 0 saturated carbocycles. The Kier molecular flexibility index (Phi) is 6.92. The van der Waals surface area contributed by atoms with Gasteiger partial charge in [-0.2, -0.15) is 0 Å². The highest BCUT2D eigenvalue weighted by Crippen LogP contribution is 2.27. The molecule has 1 aliphatic rings. The van der Waals surface area contributed by atoms with Crippen LogP contribution in [0.5, 0.6) is 0 Å². The molecule has 3 heterocycles. The molecular weight excluding hydrogens is 497 g/mol. The summed E-state index contributed by atoms with van der Waals surface area (Å²) >= 11 is 0. The van der Waals surface area contributed by atoms with E-state index in [1.807, 2.05) is 45.0 Å². The lowest BCUT2D eigenvalue weighted by molar-refractivity contribution is -0.125. The van der Waals surface area contributed by atoms with E-state index in [0.717, 1.165) is 17.3 Å². The lowest BCUT2D eigenvalue weighted by Gasteiger charge is -2.31. The molecule has 1 aliphatic heterocycles. The third-order valence-corrected chi connectivity index (χ3v) is 7.39. The highest BCUT2D eigenvalue weighted by atomic mass is 19.1. The van der Waals surface area contributed by atoms with Gasteiger partial charge in [-0.25, -0.2) is 4.39 Å². The number of halogens is 1. The largest absolute Gasteiger partial charge is 0.352 e. The summed E-state index contributed by atoms with van der Waals surface area (Å²) < 4.78 is 13.6. The number of fused-ring (bicyclic) bond motifs is 2. The van der Waals surface area contributed by atoms with Crippen LogP contribution in [0.3, 0.4) is 0 Å². The molecule has 1 saturated heterocycles. The number of hydrogen-bond acceptors (Lipinski definition) is 3. The second kappa shape index (κ2) is 10.2. The van der Waals surface area contributed by atoms with Gasteiger partial charge in [-0.3, -0.25) is 14.4 Å². The van der Waals surface area contributed by atoms with Crippen molar-refractivity contribution < 1.29 is 18.8 Å². The first-order valence-electron chi connectivity index (χ1n) is 13.2. The zero-order valence-corrected chi connectivity index (χ0v) is 22.6. The summed E-state index contributed by atoms with van der Waals surface area (Å²) in [7, 11) is 0. The number of nitrogens with one attached hydrogen (secondary N) is 4. The maximum atomic E-state index is 13.6. The van der Waals surface area contributed by atoms with E-state index in [1.54, 1.807) is 23.1 Å². The van der Waals surface area contributed by atoms with Gasteiger partial charge < -0.3 is 25.5 Å². The van der Waals surface area contributed by atoms with Crippen LogP contribution in [0, 0.1) is 17.2 Å². The molecule has 0 unspecified atom stereocenters. The number of rotatable bonds is 6.